The van der Waals surface area contributed by atoms with E-state index in [1.807, 2.05) is 0 Å². The zero-order chi connectivity index (χ0) is 26.7. The summed E-state index contributed by atoms with van der Waals surface area (Å²) in [6, 6.07) is 4.88. The van der Waals surface area contributed by atoms with Gasteiger partial charge in [-0.2, -0.15) is 18.3 Å². The van der Waals surface area contributed by atoms with Gasteiger partial charge in [0.2, 0.25) is 0 Å². The molecule has 4 N–H and O–H groups in total. The molecule has 1 aromatic carbocycles. The molecule has 2 amide bonds. The van der Waals surface area contributed by atoms with Crippen molar-refractivity contribution in [1.82, 2.24) is 35.7 Å². The molecular formula is C24H25ClF3N7O2. The molecule has 0 aliphatic carbocycles. The van der Waals surface area contributed by atoms with Gasteiger partial charge in [-0.1, -0.05) is 29.8 Å². The van der Waals surface area contributed by atoms with Crippen molar-refractivity contribution >= 4 is 23.4 Å². The Labute approximate surface area is 215 Å². The van der Waals surface area contributed by atoms with Gasteiger partial charge in [-0.15, -0.1) is 0 Å². The van der Waals surface area contributed by atoms with Crippen LogP contribution in [0.3, 0.4) is 0 Å². The zero-order valence-electron chi connectivity index (χ0n) is 19.9. The fraction of sp³-hybridized carbons (Fsp3) is 0.333. The first-order valence-corrected chi connectivity index (χ1v) is 11.8. The topological polar surface area (TPSA) is 119 Å². The second-order valence-corrected chi connectivity index (χ2v) is 9.15. The number of piperazine rings is 1. The summed E-state index contributed by atoms with van der Waals surface area (Å²) in [5, 5.41) is 11.9. The monoisotopic (exact) mass is 535 g/mol. The zero-order valence-corrected chi connectivity index (χ0v) is 20.7. The molecule has 1 saturated heterocycles. The third-order valence-corrected chi connectivity index (χ3v) is 6.08. The number of carbonyl (C=O) groups excluding carboxylic acids is 2. The number of aromatic amines is 2. The van der Waals surface area contributed by atoms with Crippen molar-refractivity contribution in [2.24, 2.45) is 0 Å². The minimum absolute atomic E-state index is 0.00120. The molecule has 1 aliphatic rings. The molecule has 0 atom stereocenters. The molecule has 0 saturated carbocycles. The van der Waals surface area contributed by atoms with Crippen molar-refractivity contribution in [2.75, 3.05) is 26.2 Å². The third kappa shape index (κ3) is 6.03. The molecule has 37 heavy (non-hydrogen) atoms. The van der Waals surface area contributed by atoms with E-state index in [1.165, 1.54) is 0 Å². The maximum absolute atomic E-state index is 13.5. The standard InChI is InChI=1S/C24H25ClF3N7O2/c1-13(2)9-17-19(20(34-33-17)24(26,27)28)18-12-30-21(32-18)22(36)31-11-14-3-4-15(16(25)10-14)23(37)35-7-5-29-6-8-35/h3-4,10,12,29H,1,5-9,11H2,2H3,(H,30,32)(H,31,36)(H,33,34). The fourth-order valence-electron chi connectivity index (χ4n) is 4.01. The fourth-order valence-corrected chi connectivity index (χ4v) is 4.30. The molecule has 1 fully saturated rings. The van der Waals surface area contributed by atoms with Crippen molar-refractivity contribution in [3.63, 3.8) is 0 Å². The number of hydrogen-bond donors (Lipinski definition) is 4. The lowest BCUT2D eigenvalue weighted by Gasteiger charge is -2.27. The predicted octanol–water partition coefficient (Wildman–Crippen LogP) is 3.57. The van der Waals surface area contributed by atoms with Crippen LogP contribution >= 0.6 is 11.6 Å². The molecule has 0 radical (unpaired) electrons. The number of alkyl halides is 3. The summed E-state index contributed by atoms with van der Waals surface area (Å²) in [7, 11) is 0. The lowest BCUT2D eigenvalue weighted by atomic mass is 10.0. The van der Waals surface area contributed by atoms with E-state index in [4.69, 9.17) is 11.6 Å². The maximum atomic E-state index is 13.5. The Morgan fingerprint density at radius 2 is 1.97 bits per heavy atom. The van der Waals surface area contributed by atoms with Gasteiger partial charge in [0.25, 0.3) is 11.8 Å². The largest absolute Gasteiger partial charge is 0.435 e. The highest BCUT2D eigenvalue weighted by Crippen LogP contribution is 2.37. The Hall–Kier alpha value is -3.64. The van der Waals surface area contributed by atoms with E-state index in [-0.39, 0.29) is 46.7 Å². The number of allylic oxidation sites excluding steroid dienone is 1. The molecule has 0 unspecified atom stereocenters. The molecule has 2 aromatic heterocycles. The van der Waals surface area contributed by atoms with Gasteiger partial charge in [-0.3, -0.25) is 14.7 Å². The van der Waals surface area contributed by atoms with Crippen LogP contribution in [0.25, 0.3) is 11.3 Å². The highest BCUT2D eigenvalue weighted by atomic mass is 35.5. The van der Waals surface area contributed by atoms with E-state index in [0.717, 1.165) is 19.3 Å². The summed E-state index contributed by atoms with van der Waals surface area (Å²) < 4.78 is 40.6. The lowest BCUT2D eigenvalue weighted by Crippen LogP contribution is -2.46. The summed E-state index contributed by atoms with van der Waals surface area (Å²) in [5.74, 6) is -0.947. The van der Waals surface area contributed by atoms with Crippen molar-refractivity contribution in [1.29, 1.82) is 0 Å². The number of benzene rings is 1. The minimum atomic E-state index is -4.70. The normalized spacial score (nSPS) is 14.0. The Bertz CT molecular complexity index is 1330. The van der Waals surface area contributed by atoms with Gasteiger partial charge in [0, 0.05) is 44.8 Å². The predicted molar refractivity (Wildman–Crippen MR) is 131 cm³/mol. The Morgan fingerprint density at radius 3 is 2.62 bits per heavy atom. The van der Waals surface area contributed by atoms with Crippen LogP contribution in [-0.2, 0) is 19.1 Å². The van der Waals surface area contributed by atoms with Crippen LogP contribution in [0.2, 0.25) is 5.02 Å². The smallest absolute Gasteiger partial charge is 0.345 e. The highest BCUT2D eigenvalue weighted by molar-refractivity contribution is 6.33. The Kier molecular flexibility index (Phi) is 7.69. The maximum Gasteiger partial charge on any atom is 0.435 e. The van der Waals surface area contributed by atoms with Crippen LogP contribution in [0.1, 0.15) is 44.9 Å². The molecule has 0 spiro atoms. The van der Waals surface area contributed by atoms with E-state index in [9.17, 15) is 22.8 Å². The first-order valence-electron chi connectivity index (χ1n) is 11.5. The lowest BCUT2D eigenvalue weighted by molar-refractivity contribution is -0.140. The Morgan fingerprint density at radius 1 is 1.24 bits per heavy atom. The molecule has 196 valence electrons. The number of nitrogens with one attached hydrogen (secondary N) is 4. The van der Waals surface area contributed by atoms with E-state index in [0.29, 0.717) is 29.8 Å². The third-order valence-electron chi connectivity index (χ3n) is 5.77. The van der Waals surface area contributed by atoms with Gasteiger partial charge in [0.1, 0.15) is 0 Å². The van der Waals surface area contributed by atoms with Gasteiger partial charge < -0.3 is 20.5 Å². The van der Waals surface area contributed by atoms with Crippen LogP contribution in [0.15, 0.2) is 36.5 Å². The summed E-state index contributed by atoms with van der Waals surface area (Å²) >= 11 is 6.34. The molecule has 0 bridgehead atoms. The number of halogens is 4. The van der Waals surface area contributed by atoms with E-state index >= 15 is 0 Å². The second-order valence-electron chi connectivity index (χ2n) is 8.74. The van der Waals surface area contributed by atoms with Crippen molar-refractivity contribution < 1.29 is 22.8 Å². The average Bonchev–Trinajstić information content (AvgIpc) is 3.49. The minimum Gasteiger partial charge on any atom is -0.345 e. The highest BCUT2D eigenvalue weighted by Gasteiger charge is 2.39. The number of hydrogen-bond acceptors (Lipinski definition) is 5. The Balaban J connectivity index is 1.46. The van der Waals surface area contributed by atoms with Gasteiger partial charge in [-0.25, -0.2) is 4.98 Å². The van der Waals surface area contributed by atoms with Gasteiger partial charge in [0.15, 0.2) is 11.5 Å². The second kappa shape index (κ2) is 10.8. The van der Waals surface area contributed by atoms with Crippen molar-refractivity contribution in [2.45, 2.75) is 26.1 Å². The summed E-state index contributed by atoms with van der Waals surface area (Å²) in [6.07, 6.45) is -3.40. The van der Waals surface area contributed by atoms with Crippen LogP contribution in [0.4, 0.5) is 13.2 Å². The number of nitrogens with zero attached hydrogens (tertiary/aromatic N) is 3. The van der Waals surface area contributed by atoms with Crippen LogP contribution in [0, 0.1) is 0 Å². The number of aromatic nitrogens is 4. The van der Waals surface area contributed by atoms with E-state index in [2.05, 4.69) is 37.4 Å². The summed E-state index contributed by atoms with van der Waals surface area (Å²) in [6.45, 7) is 8.11. The number of H-pyrrole nitrogens is 2. The molecule has 13 heteroatoms. The van der Waals surface area contributed by atoms with Crippen LogP contribution < -0.4 is 10.6 Å². The average molecular weight is 536 g/mol. The van der Waals surface area contributed by atoms with Gasteiger partial charge in [-0.05, 0) is 24.6 Å². The molecular weight excluding hydrogens is 511 g/mol. The number of rotatable bonds is 7. The molecule has 9 nitrogen and oxygen atoms in total. The van der Waals surface area contributed by atoms with Gasteiger partial charge >= 0.3 is 6.18 Å². The first kappa shape index (κ1) is 26.4. The van der Waals surface area contributed by atoms with Crippen LogP contribution in [0.5, 0.6) is 0 Å². The molecule has 3 heterocycles. The van der Waals surface area contributed by atoms with E-state index < -0.39 is 17.8 Å². The first-order chi connectivity index (χ1) is 17.5. The van der Waals surface area contributed by atoms with Crippen molar-refractivity contribution in [3.05, 3.63) is 69.9 Å². The quantitative estimate of drug-likeness (QED) is 0.345. The van der Waals surface area contributed by atoms with Crippen molar-refractivity contribution in [3.8, 4) is 11.3 Å². The molecule has 4 rings (SSSR count). The number of carbonyl (C=O) groups is 2. The SMILES string of the molecule is C=C(C)Cc1[nH]nc(C(F)(F)F)c1-c1cnc(C(=O)NCc2ccc(C(=O)N3CCNCC3)c(Cl)c2)[nH]1. The molecule has 3 aromatic rings. The molecule has 1 aliphatic heterocycles. The number of imidazole rings is 1. The number of amides is 2. The van der Waals surface area contributed by atoms with Crippen LogP contribution in [-0.4, -0.2) is 63.1 Å². The summed E-state index contributed by atoms with van der Waals surface area (Å²) in [5.41, 5.74) is 0.542. The summed E-state index contributed by atoms with van der Waals surface area (Å²) in [4.78, 5) is 33.7. The van der Waals surface area contributed by atoms with Gasteiger partial charge in [0.05, 0.1) is 28.0 Å². The van der Waals surface area contributed by atoms with E-state index in [1.54, 1.807) is 30.0 Å².